The fraction of sp³-hybridized carbons (Fsp3) is 0.884. The van der Waals surface area contributed by atoms with E-state index in [9.17, 15) is 24.0 Å². The van der Waals surface area contributed by atoms with Crippen molar-refractivity contribution in [3.05, 3.63) is 0 Å². The smallest absolute Gasteiger partial charge is 0.316 e. The van der Waals surface area contributed by atoms with Crippen LogP contribution >= 0.6 is 63.1 Å². The summed E-state index contributed by atoms with van der Waals surface area (Å²) in [5.41, 5.74) is 0. The van der Waals surface area contributed by atoms with E-state index in [1.54, 1.807) is 0 Å². The van der Waals surface area contributed by atoms with Crippen LogP contribution in [0, 0.1) is 23.7 Å². The zero-order valence-corrected chi connectivity index (χ0v) is 41.7. The molecule has 0 aliphatic rings. The molecule has 0 rings (SSSR count). The van der Waals surface area contributed by atoms with Gasteiger partial charge in [0.15, 0.2) is 0 Å². The molecular formula is C43H86O10S5. The van der Waals surface area contributed by atoms with Crippen molar-refractivity contribution < 1.29 is 49.5 Å². The molecule has 0 saturated heterocycles. The molecule has 0 spiro atoms. The van der Waals surface area contributed by atoms with Crippen LogP contribution in [0.3, 0.4) is 0 Å². The highest BCUT2D eigenvalue weighted by molar-refractivity contribution is 7.82. The Morgan fingerprint density at radius 3 is 0.621 bits per heavy atom. The number of aliphatic carboxylic acids is 5. The van der Waals surface area contributed by atoms with E-state index in [0.717, 1.165) is 75.0 Å². The topological polar surface area (TPSA) is 186 Å². The minimum atomic E-state index is -0.799. The summed E-state index contributed by atoms with van der Waals surface area (Å²) in [5, 5.41) is 40.2. The van der Waals surface area contributed by atoms with Crippen LogP contribution in [0.5, 0.6) is 0 Å². The van der Waals surface area contributed by atoms with Crippen LogP contribution in [0.15, 0.2) is 0 Å². The van der Waals surface area contributed by atoms with Crippen molar-refractivity contribution in [2.45, 2.75) is 211 Å². The molecule has 10 nitrogen and oxygen atoms in total. The molecule has 0 aromatic carbocycles. The van der Waals surface area contributed by atoms with Crippen molar-refractivity contribution in [2.24, 2.45) is 23.7 Å². The Hall–Kier alpha value is -0.900. The van der Waals surface area contributed by atoms with E-state index in [-0.39, 0.29) is 6.42 Å². The first-order chi connectivity index (χ1) is 26.9. The molecule has 0 aromatic rings. The zero-order valence-electron chi connectivity index (χ0n) is 37.2. The second kappa shape index (κ2) is 47.2. The van der Waals surface area contributed by atoms with E-state index in [1.807, 2.05) is 0 Å². The third kappa shape index (κ3) is 64.2. The van der Waals surface area contributed by atoms with Crippen LogP contribution in [0.1, 0.15) is 190 Å². The maximum atomic E-state index is 10.4. The first kappa shape index (κ1) is 66.2. The third-order valence-electron chi connectivity index (χ3n) is 8.50. The molecule has 0 bridgehead atoms. The maximum Gasteiger partial charge on any atom is 0.316 e. The minimum absolute atomic E-state index is 0.156. The highest BCUT2D eigenvalue weighted by Gasteiger charge is 2.13. The van der Waals surface area contributed by atoms with Crippen molar-refractivity contribution in [3.8, 4) is 0 Å². The second-order valence-electron chi connectivity index (χ2n) is 16.4. The number of hydrogen-bond acceptors (Lipinski definition) is 10. The summed E-state index contributed by atoms with van der Waals surface area (Å²) >= 11 is 19.6. The van der Waals surface area contributed by atoms with Gasteiger partial charge in [0.25, 0.3) is 0 Å². The molecule has 348 valence electrons. The Bertz CT molecular complexity index is 847. The lowest BCUT2D eigenvalue weighted by atomic mass is 10.0. The van der Waals surface area contributed by atoms with Gasteiger partial charge in [0.1, 0.15) is 0 Å². The Labute approximate surface area is 381 Å². The van der Waals surface area contributed by atoms with Crippen LogP contribution in [-0.2, 0) is 24.0 Å². The van der Waals surface area contributed by atoms with Crippen molar-refractivity contribution in [1.82, 2.24) is 0 Å². The predicted molar refractivity (Wildman–Crippen MR) is 259 cm³/mol. The van der Waals surface area contributed by atoms with Crippen molar-refractivity contribution in [3.63, 3.8) is 0 Å². The number of carboxylic acids is 5. The first-order valence-corrected chi connectivity index (χ1v) is 24.1. The Morgan fingerprint density at radius 2 is 0.517 bits per heavy atom. The number of carboxylic acid groups (broad SMARTS) is 5. The molecule has 0 heterocycles. The Kier molecular flexibility index (Phi) is 53.8. The lowest BCUT2D eigenvalue weighted by molar-refractivity contribution is -0.137. The van der Waals surface area contributed by atoms with Crippen LogP contribution < -0.4 is 0 Å². The SMILES string of the molecule is CC(C)CCCCCC(S)C(=O)O.CC(C)CCCCCC(S)C(=O)O.CC(C)CCCCCC(S)C(=O)O.CC(C)CCCCCC(S)C(=O)O.O=C(O)CCS. The van der Waals surface area contributed by atoms with E-state index in [0.29, 0.717) is 31.4 Å². The van der Waals surface area contributed by atoms with Gasteiger partial charge >= 0.3 is 29.8 Å². The highest BCUT2D eigenvalue weighted by Crippen LogP contribution is 2.16. The van der Waals surface area contributed by atoms with E-state index < -0.39 is 50.8 Å². The van der Waals surface area contributed by atoms with E-state index >= 15 is 0 Å². The van der Waals surface area contributed by atoms with Crippen LogP contribution in [0.25, 0.3) is 0 Å². The van der Waals surface area contributed by atoms with Gasteiger partial charge in [0, 0.05) is 5.75 Å². The van der Waals surface area contributed by atoms with Crippen LogP contribution in [0.4, 0.5) is 0 Å². The summed E-state index contributed by atoms with van der Waals surface area (Å²) in [6.07, 6.45) is 21.1. The van der Waals surface area contributed by atoms with Crippen molar-refractivity contribution in [1.29, 1.82) is 0 Å². The summed E-state index contributed by atoms with van der Waals surface area (Å²) < 4.78 is 0. The van der Waals surface area contributed by atoms with Gasteiger partial charge in [0.2, 0.25) is 0 Å². The first-order valence-electron chi connectivity index (χ1n) is 21.4. The minimum Gasteiger partial charge on any atom is -0.481 e. The van der Waals surface area contributed by atoms with Gasteiger partial charge in [-0.15, -0.1) is 0 Å². The number of rotatable bonds is 30. The molecule has 0 amide bonds. The van der Waals surface area contributed by atoms with Gasteiger partial charge in [-0.3, -0.25) is 24.0 Å². The molecule has 0 radical (unpaired) electrons. The van der Waals surface area contributed by atoms with Gasteiger partial charge < -0.3 is 25.5 Å². The van der Waals surface area contributed by atoms with Gasteiger partial charge in [-0.2, -0.15) is 63.1 Å². The van der Waals surface area contributed by atoms with Gasteiger partial charge in [0.05, 0.1) is 27.4 Å². The summed E-state index contributed by atoms with van der Waals surface area (Å²) in [6, 6.07) is 0. The Morgan fingerprint density at radius 1 is 0.345 bits per heavy atom. The average Bonchev–Trinajstić information content (AvgIpc) is 3.11. The van der Waals surface area contributed by atoms with Gasteiger partial charge in [-0.1, -0.05) is 158 Å². The number of unbranched alkanes of at least 4 members (excludes halogenated alkanes) is 8. The largest absolute Gasteiger partial charge is 0.481 e. The molecule has 15 heteroatoms. The Balaban J connectivity index is -0.000000205. The number of hydrogen-bond donors (Lipinski definition) is 10. The zero-order chi connectivity index (χ0) is 46.1. The maximum absolute atomic E-state index is 10.4. The van der Waals surface area contributed by atoms with E-state index in [1.165, 1.54) is 51.4 Å². The second-order valence-corrected chi connectivity index (χ2v) is 19.4. The van der Waals surface area contributed by atoms with Gasteiger partial charge in [-0.25, -0.2) is 0 Å². The molecule has 58 heavy (non-hydrogen) atoms. The molecule has 0 saturated carbocycles. The number of carbonyl (C=O) groups is 5. The molecule has 0 aliphatic heterocycles. The fourth-order valence-electron chi connectivity index (χ4n) is 4.86. The standard InChI is InChI=1S/4C10H20O2S.C3H6O2S/c4*1-8(2)6-4-3-5-7-9(13)10(11)12;4-3(5)1-2-6/h4*8-9,13H,3-7H2,1-2H3,(H,11,12);6H,1-2H2,(H,4,5). The summed E-state index contributed by atoms with van der Waals surface area (Å²) in [4.78, 5) is 51.1. The van der Waals surface area contributed by atoms with Crippen LogP contribution in [-0.4, -0.2) is 82.1 Å². The molecule has 0 aliphatic carbocycles. The molecule has 0 fully saturated rings. The lowest BCUT2D eigenvalue weighted by Gasteiger charge is -2.06. The molecule has 4 atom stereocenters. The monoisotopic (exact) mass is 922 g/mol. The fourth-order valence-corrected chi connectivity index (χ4v) is 5.78. The normalized spacial score (nSPS) is 12.7. The van der Waals surface area contributed by atoms with E-state index in [2.05, 4.69) is 119 Å². The number of thiol groups is 5. The lowest BCUT2D eigenvalue weighted by Crippen LogP contribution is -2.12. The quantitative estimate of drug-likeness (QED) is 0.0245. The van der Waals surface area contributed by atoms with Crippen molar-refractivity contribution in [2.75, 3.05) is 5.75 Å². The highest BCUT2D eigenvalue weighted by atomic mass is 32.1. The summed E-state index contributed by atoms with van der Waals surface area (Å²) in [6.45, 7) is 17.7. The van der Waals surface area contributed by atoms with Gasteiger partial charge in [-0.05, 0) is 49.4 Å². The molecule has 0 aromatic heterocycles. The van der Waals surface area contributed by atoms with Crippen LogP contribution in [0.2, 0.25) is 0 Å². The molecule has 5 N–H and O–H groups in total. The summed E-state index contributed by atoms with van der Waals surface area (Å²) in [5.74, 6) is -0.533. The van der Waals surface area contributed by atoms with Crippen molar-refractivity contribution >= 4 is 93.0 Å². The third-order valence-corrected chi connectivity index (χ3v) is 10.6. The predicted octanol–water partition coefficient (Wildman–Crippen LogP) is 12.3. The van der Waals surface area contributed by atoms with E-state index in [4.69, 9.17) is 25.5 Å². The molecule has 4 unspecified atom stereocenters. The molecular weight excluding hydrogens is 837 g/mol. The average molecular weight is 923 g/mol. The summed E-state index contributed by atoms with van der Waals surface area (Å²) in [7, 11) is 0.